The largest absolute Gasteiger partial charge is 0.342 e. The number of para-hydroxylation sites is 1. The van der Waals surface area contributed by atoms with Crippen LogP contribution >= 0.6 is 11.8 Å². The Labute approximate surface area is 190 Å². The molecule has 0 spiro atoms. The summed E-state index contributed by atoms with van der Waals surface area (Å²) in [6.07, 6.45) is 4.56. The Balaban J connectivity index is 1.83. The van der Waals surface area contributed by atoms with Crippen LogP contribution in [0.5, 0.6) is 0 Å². The fraction of sp³-hybridized carbons (Fsp3) is 0.625. The van der Waals surface area contributed by atoms with E-state index in [1.54, 1.807) is 4.57 Å². The fourth-order valence-corrected chi connectivity index (χ4v) is 5.25. The molecule has 2 aromatic rings. The number of carbonyl (C=O) groups is 1. The van der Waals surface area contributed by atoms with E-state index in [-0.39, 0.29) is 11.5 Å². The molecule has 2 heterocycles. The van der Waals surface area contributed by atoms with E-state index in [0.717, 1.165) is 32.5 Å². The fourth-order valence-electron chi connectivity index (χ4n) is 4.32. The minimum absolute atomic E-state index is 0.0252. The number of benzene rings is 1. The molecular formula is C24H36N4O2S. The van der Waals surface area contributed by atoms with Crippen molar-refractivity contribution < 1.29 is 4.79 Å². The van der Waals surface area contributed by atoms with E-state index >= 15 is 0 Å². The molecule has 0 radical (unpaired) electrons. The van der Waals surface area contributed by atoms with Gasteiger partial charge in [0, 0.05) is 38.3 Å². The van der Waals surface area contributed by atoms with Gasteiger partial charge >= 0.3 is 0 Å². The molecule has 1 amide bonds. The van der Waals surface area contributed by atoms with Gasteiger partial charge in [0.25, 0.3) is 5.56 Å². The lowest BCUT2D eigenvalue weighted by Crippen LogP contribution is -2.40. The molecule has 1 aromatic heterocycles. The third kappa shape index (κ3) is 6.10. The van der Waals surface area contributed by atoms with Crippen molar-refractivity contribution >= 4 is 28.6 Å². The molecule has 1 saturated heterocycles. The van der Waals surface area contributed by atoms with Gasteiger partial charge in [0.15, 0.2) is 5.16 Å². The lowest BCUT2D eigenvalue weighted by molar-refractivity contribution is -0.128. The van der Waals surface area contributed by atoms with Gasteiger partial charge in [0.1, 0.15) is 0 Å². The summed E-state index contributed by atoms with van der Waals surface area (Å²) in [7, 11) is 0. The van der Waals surface area contributed by atoms with Crippen LogP contribution in [0.3, 0.4) is 0 Å². The molecule has 31 heavy (non-hydrogen) atoms. The summed E-state index contributed by atoms with van der Waals surface area (Å²) in [5.41, 5.74) is 0.667. The molecule has 7 heteroatoms. The standard InChI is InChI=1S/C24H36N4O2S/c1-18(2)27(19(3)4)15-16-28-23(30)20-11-7-8-12-21(20)25-24(28)31-17-22(29)26-13-9-5-6-10-14-26/h7-8,11-12,18-19H,5-6,9-10,13-17H2,1-4H3. The van der Waals surface area contributed by atoms with E-state index in [2.05, 4.69) is 32.6 Å². The summed E-state index contributed by atoms with van der Waals surface area (Å²) >= 11 is 1.40. The Morgan fingerprint density at radius 1 is 1.06 bits per heavy atom. The quantitative estimate of drug-likeness (QED) is 0.455. The molecule has 6 nitrogen and oxygen atoms in total. The van der Waals surface area contributed by atoms with Crippen molar-refractivity contribution in [2.45, 2.75) is 77.2 Å². The Morgan fingerprint density at radius 3 is 2.35 bits per heavy atom. The smallest absolute Gasteiger partial charge is 0.262 e. The monoisotopic (exact) mass is 444 g/mol. The Bertz CT molecular complexity index is 925. The highest BCUT2D eigenvalue weighted by molar-refractivity contribution is 7.99. The van der Waals surface area contributed by atoms with E-state index in [1.165, 1.54) is 24.6 Å². The van der Waals surface area contributed by atoms with Gasteiger partial charge in [-0.3, -0.25) is 19.1 Å². The lowest BCUT2D eigenvalue weighted by atomic mass is 10.2. The van der Waals surface area contributed by atoms with Gasteiger partial charge in [-0.25, -0.2) is 4.98 Å². The minimum atomic E-state index is -0.0252. The maximum Gasteiger partial charge on any atom is 0.262 e. The lowest BCUT2D eigenvalue weighted by Gasteiger charge is -2.30. The van der Waals surface area contributed by atoms with Crippen LogP contribution in [-0.4, -0.2) is 62.7 Å². The average Bonchev–Trinajstić information content (AvgIpc) is 3.03. The van der Waals surface area contributed by atoms with Crippen LogP contribution in [-0.2, 0) is 11.3 Å². The highest BCUT2D eigenvalue weighted by Gasteiger charge is 2.19. The zero-order valence-corrected chi connectivity index (χ0v) is 20.2. The van der Waals surface area contributed by atoms with E-state index in [4.69, 9.17) is 4.98 Å². The van der Waals surface area contributed by atoms with Crippen LogP contribution in [0, 0.1) is 0 Å². The molecule has 3 rings (SSSR count). The van der Waals surface area contributed by atoms with Gasteiger partial charge in [0.05, 0.1) is 16.7 Å². The predicted octanol–water partition coefficient (Wildman–Crippen LogP) is 4.01. The molecule has 1 fully saturated rings. The SMILES string of the molecule is CC(C)N(CCn1c(SCC(=O)N2CCCCCC2)nc2ccccc2c1=O)C(C)C. The van der Waals surface area contributed by atoms with Crippen LogP contribution in [0.25, 0.3) is 10.9 Å². The van der Waals surface area contributed by atoms with E-state index in [1.807, 2.05) is 29.2 Å². The number of hydrogen-bond acceptors (Lipinski definition) is 5. The molecule has 0 saturated carbocycles. The molecule has 1 aliphatic heterocycles. The number of thioether (sulfide) groups is 1. The first-order valence-corrected chi connectivity index (χ1v) is 12.5. The van der Waals surface area contributed by atoms with Crippen LogP contribution in [0.1, 0.15) is 53.4 Å². The van der Waals surface area contributed by atoms with Crippen molar-refractivity contribution in [1.29, 1.82) is 0 Å². The molecule has 1 aliphatic rings. The van der Waals surface area contributed by atoms with Crippen molar-refractivity contribution in [3.8, 4) is 0 Å². The summed E-state index contributed by atoms with van der Waals surface area (Å²) in [4.78, 5) is 35.2. The van der Waals surface area contributed by atoms with Gasteiger partial charge in [0.2, 0.25) is 5.91 Å². The molecular weight excluding hydrogens is 408 g/mol. The molecule has 0 atom stereocenters. The summed E-state index contributed by atoms with van der Waals surface area (Å²) in [5.74, 6) is 0.468. The van der Waals surface area contributed by atoms with E-state index in [0.29, 0.717) is 40.4 Å². The van der Waals surface area contributed by atoms with Gasteiger partial charge in [-0.15, -0.1) is 0 Å². The molecule has 0 unspecified atom stereocenters. The number of carbonyl (C=O) groups excluding carboxylic acids is 1. The van der Waals surface area contributed by atoms with Crippen LogP contribution in [0.15, 0.2) is 34.2 Å². The maximum absolute atomic E-state index is 13.3. The Kier molecular flexibility index (Phi) is 8.55. The average molecular weight is 445 g/mol. The maximum atomic E-state index is 13.3. The third-order valence-electron chi connectivity index (χ3n) is 6.02. The molecule has 0 bridgehead atoms. The second-order valence-electron chi connectivity index (χ2n) is 8.88. The first-order chi connectivity index (χ1) is 14.9. The molecule has 1 aromatic carbocycles. The van der Waals surface area contributed by atoms with Crippen LogP contribution in [0.4, 0.5) is 0 Å². The zero-order valence-electron chi connectivity index (χ0n) is 19.3. The van der Waals surface area contributed by atoms with Crippen molar-refractivity contribution in [2.75, 3.05) is 25.4 Å². The van der Waals surface area contributed by atoms with Gasteiger partial charge in [-0.2, -0.15) is 0 Å². The third-order valence-corrected chi connectivity index (χ3v) is 6.98. The minimum Gasteiger partial charge on any atom is -0.342 e. The van der Waals surface area contributed by atoms with Crippen LogP contribution < -0.4 is 5.56 Å². The first-order valence-electron chi connectivity index (χ1n) is 11.5. The predicted molar refractivity (Wildman–Crippen MR) is 129 cm³/mol. The molecule has 170 valence electrons. The normalized spacial score (nSPS) is 15.3. The number of likely N-dealkylation sites (tertiary alicyclic amines) is 1. The number of hydrogen-bond donors (Lipinski definition) is 0. The Hall–Kier alpha value is -1.86. The van der Waals surface area contributed by atoms with Crippen molar-refractivity contribution in [3.05, 3.63) is 34.6 Å². The summed E-state index contributed by atoms with van der Waals surface area (Å²) in [6, 6.07) is 8.27. The summed E-state index contributed by atoms with van der Waals surface area (Å²) < 4.78 is 1.76. The number of amides is 1. The second-order valence-corrected chi connectivity index (χ2v) is 9.82. The number of fused-ring (bicyclic) bond motifs is 1. The Morgan fingerprint density at radius 2 is 1.71 bits per heavy atom. The number of rotatable bonds is 8. The van der Waals surface area contributed by atoms with Crippen LogP contribution in [0.2, 0.25) is 0 Å². The van der Waals surface area contributed by atoms with Gasteiger partial charge in [-0.05, 0) is 52.7 Å². The number of nitrogens with zero attached hydrogens (tertiary/aromatic N) is 4. The molecule has 0 N–H and O–H groups in total. The highest BCUT2D eigenvalue weighted by Crippen LogP contribution is 2.20. The van der Waals surface area contributed by atoms with Crippen molar-refractivity contribution in [3.63, 3.8) is 0 Å². The zero-order chi connectivity index (χ0) is 22.4. The first kappa shape index (κ1) is 23.8. The van der Waals surface area contributed by atoms with Crippen molar-refractivity contribution in [1.82, 2.24) is 19.4 Å². The second kappa shape index (κ2) is 11.1. The highest BCUT2D eigenvalue weighted by atomic mass is 32.2. The van der Waals surface area contributed by atoms with E-state index < -0.39 is 0 Å². The van der Waals surface area contributed by atoms with Gasteiger partial charge < -0.3 is 4.90 Å². The molecule has 0 aliphatic carbocycles. The summed E-state index contributed by atoms with van der Waals surface area (Å²) in [6.45, 7) is 11.7. The van der Waals surface area contributed by atoms with Crippen molar-refractivity contribution in [2.24, 2.45) is 0 Å². The topological polar surface area (TPSA) is 58.4 Å². The van der Waals surface area contributed by atoms with E-state index in [9.17, 15) is 9.59 Å². The summed E-state index contributed by atoms with van der Waals surface area (Å²) in [5, 5.41) is 1.27. The number of aromatic nitrogens is 2. The van der Waals surface area contributed by atoms with Gasteiger partial charge in [-0.1, -0.05) is 36.7 Å².